The molecule has 0 radical (unpaired) electrons. The lowest BCUT2D eigenvalue weighted by molar-refractivity contribution is 0.463. The van der Waals surface area contributed by atoms with Crippen molar-refractivity contribution >= 4 is 43.9 Å². The van der Waals surface area contributed by atoms with E-state index in [1.807, 2.05) is 16.8 Å². The fourth-order valence-corrected chi connectivity index (χ4v) is 5.57. The van der Waals surface area contributed by atoms with Crippen LogP contribution in [0, 0.1) is 0 Å². The van der Waals surface area contributed by atoms with Gasteiger partial charge < -0.3 is 10.2 Å². The van der Waals surface area contributed by atoms with Gasteiger partial charge in [0.05, 0.1) is 23.1 Å². The van der Waals surface area contributed by atoms with Gasteiger partial charge in [-0.2, -0.15) is 9.61 Å². The third-order valence-electron chi connectivity index (χ3n) is 6.84. The van der Waals surface area contributed by atoms with Gasteiger partial charge in [-0.15, -0.1) is 10.2 Å². The van der Waals surface area contributed by atoms with Gasteiger partial charge in [0.2, 0.25) is 5.82 Å². The molecular formula is C24H26BrN7. The van der Waals surface area contributed by atoms with Crippen LogP contribution >= 0.6 is 15.9 Å². The first-order chi connectivity index (χ1) is 15.7. The van der Waals surface area contributed by atoms with Gasteiger partial charge in [0.1, 0.15) is 5.69 Å². The lowest BCUT2D eigenvalue weighted by atomic mass is 9.95. The zero-order valence-electron chi connectivity index (χ0n) is 18.2. The molecule has 1 saturated carbocycles. The Hall–Kier alpha value is -2.74. The highest BCUT2D eigenvalue weighted by molar-refractivity contribution is 9.10. The summed E-state index contributed by atoms with van der Waals surface area (Å²) in [6, 6.07) is 8.87. The Morgan fingerprint density at radius 1 is 1.03 bits per heavy atom. The van der Waals surface area contributed by atoms with Crippen molar-refractivity contribution in [3.8, 4) is 11.5 Å². The molecule has 6 rings (SSSR count). The van der Waals surface area contributed by atoms with Crippen molar-refractivity contribution in [2.24, 2.45) is 0 Å². The topological polar surface area (TPSA) is 71.2 Å². The van der Waals surface area contributed by atoms with E-state index in [1.165, 1.54) is 37.7 Å². The number of nitrogens with one attached hydrogen (secondary N) is 1. The Labute approximate surface area is 195 Å². The lowest BCUT2D eigenvalue weighted by Crippen LogP contribution is -2.25. The standard InChI is InChI=1S/C24H26BrN7/c1-31-13-5-8-17-21(31)14-26-32-23(17)29-30-24(32)20-11-9-16-18(25)10-12-19(22(16)28-20)27-15-6-3-2-4-7-15/h9-12,14-15,27H,2-8,13H2,1H3. The van der Waals surface area contributed by atoms with Gasteiger partial charge in [-0.05, 0) is 49.9 Å². The van der Waals surface area contributed by atoms with Crippen LogP contribution in [0.1, 0.15) is 44.1 Å². The van der Waals surface area contributed by atoms with Crippen LogP contribution in [0.3, 0.4) is 0 Å². The summed E-state index contributed by atoms with van der Waals surface area (Å²) >= 11 is 3.70. The Morgan fingerprint density at radius 3 is 2.78 bits per heavy atom. The van der Waals surface area contributed by atoms with Gasteiger partial charge in [0.15, 0.2) is 5.65 Å². The van der Waals surface area contributed by atoms with Crippen molar-refractivity contribution in [1.29, 1.82) is 0 Å². The number of aromatic nitrogens is 5. The number of pyridine rings is 1. The second-order valence-corrected chi connectivity index (χ2v) is 9.81. The molecule has 4 heterocycles. The summed E-state index contributed by atoms with van der Waals surface area (Å²) in [5, 5.41) is 18.6. The maximum atomic E-state index is 5.05. The molecule has 0 spiro atoms. The molecule has 1 fully saturated rings. The molecule has 0 bridgehead atoms. The number of benzene rings is 1. The molecule has 1 N–H and O–H groups in total. The average Bonchev–Trinajstić information content (AvgIpc) is 3.26. The SMILES string of the molecule is CN1CCCc2c1cnn1c(-c3ccc4c(Br)ccc(NC5CCCCC5)c4n3)nnc21. The Bertz CT molecular complexity index is 1310. The summed E-state index contributed by atoms with van der Waals surface area (Å²) in [7, 11) is 2.11. The van der Waals surface area contributed by atoms with Gasteiger partial charge >= 0.3 is 0 Å². The first kappa shape index (κ1) is 19.9. The molecule has 8 heteroatoms. The average molecular weight is 492 g/mol. The van der Waals surface area contributed by atoms with Gasteiger partial charge in [-0.25, -0.2) is 4.98 Å². The molecule has 0 amide bonds. The largest absolute Gasteiger partial charge is 0.381 e. The molecule has 7 nitrogen and oxygen atoms in total. The quantitative estimate of drug-likeness (QED) is 0.423. The summed E-state index contributed by atoms with van der Waals surface area (Å²) < 4.78 is 2.89. The van der Waals surface area contributed by atoms with E-state index in [2.05, 4.69) is 66.7 Å². The van der Waals surface area contributed by atoms with Crippen LogP contribution in [0.15, 0.2) is 34.9 Å². The second-order valence-electron chi connectivity index (χ2n) is 8.96. The van der Waals surface area contributed by atoms with E-state index in [4.69, 9.17) is 4.98 Å². The van der Waals surface area contributed by atoms with Gasteiger partial charge in [0.25, 0.3) is 0 Å². The van der Waals surface area contributed by atoms with Gasteiger partial charge in [-0.1, -0.05) is 35.2 Å². The number of halogens is 1. The fraction of sp³-hybridized carbons (Fsp3) is 0.417. The molecule has 0 atom stereocenters. The Kier molecular flexibility index (Phi) is 4.97. The minimum absolute atomic E-state index is 0.512. The minimum atomic E-state index is 0.512. The summed E-state index contributed by atoms with van der Waals surface area (Å²) in [6.07, 6.45) is 10.4. The molecule has 2 aliphatic rings. The van der Waals surface area contributed by atoms with E-state index in [0.29, 0.717) is 11.9 Å². The number of hydrogen-bond acceptors (Lipinski definition) is 6. The van der Waals surface area contributed by atoms with E-state index in [-0.39, 0.29) is 0 Å². The minimum Gasteiger partial charge on any atom is -0.381 e. The maximum Gasteiger partial charge on any atom is 0.203 e. The van der Waals surface area contributed by atoms with E-state index in [0.717, 1.165) is 57.5 Å². The van der Waals surface area contributed by atoms with Gasteiger partial charge in [-0.3, -0.25) is 0 Å². The molecule has 164 valence electrons. The zero-order chi connectivity index (χ0) is 21.7. The summed E-state index contributed by atoms with van der Waals surface area (Å²) in [5.74, 6) is 0.682. The van der Waals surface area contributed by atoms with E-state index in [9.17, 15) is 0 Å². The third kappa shape index (κ3) is 3.32. The van der Waals surface area contributed by atoms with E-state index in [1.54, 1.807) is 0 Å². The van der Waals surface area contributed by atoms with E-state index < -0.39 is 0 Å². The van der Waals surface area contributed by atoms with Crippen LogP contribution in [0.2, 0.25) is 0 Å². The van der Waals surface area contributed by atoms with Crippen LogP contribution in [0.25, 0.3) is 28.1 Å². The summed E-state index contributed by atoms with van der Waals surface area (Å²) in [4.78, 5) is 7.30. The van der Waals surface area contributed by atoms with Crippen LogP contribution in [-0.4, -0.2) is 44.4 Å². The first-order valence-electron chi connectivity index (χ1n) is 11.5. The highest BCUT2D eigenvalue weighted by atomic mass is 79.9. The highest BCUT2D eigenvalue weighted by Crippen LogP contribution is 2.34. The van der Waals surface area contributed by atoms with Crippen molar-refractivity contribution in [1.82, 2.24) is 24.8 Å². The summed E-state index contributed by atoms with van der Waals surface area (Å²) in [5.41, 5.74) is 6.02. The highest BCUT2D eigenvalue weighted by Gasteiger charge is 2.22. The number of nitrogens with zero attached hydrogens (tertiary/aromatic N) is 6. The molecule has 1 aliphatic carbocycles. The van der Waals surface area contributed by atoms with Crippen molar-refractivity contribution in [3.05, 3.63) is 40.5 Å². The van der Waals surface area contributed by atoms with Crippen LogP contribution in [-0.2, 0) is 6.42 Å². The molecule has 1 aromatic carbocycles. The predicted molar refractivity (Wildman–Crippen MR) is 131 cm³/mol. The molecule has 32 heavy (non-hydrogen) atoms. The maximum absolute atomic E-state index is 5.05. The Morgan fingerprint density at radius 2 is 1.91 bits per heavy atom. The van der Waals surface area contributed by atoms with Crippen molar-refractivity contribution in [3.63, 3.8) is 0 Å². The molecule has 4 aromatic rings. The van der Waals surface area contributed by atoms with E-state index >= 15 is 0 Å². The third-order valence-corrected chi connectivity index (χ3v) is 7.54. The Balaban J connectivity index is 1.45. The molecule has 1 aliphatic heterocycles. The van der Waals surface area contributed by atoms with Crippen molar-refractivity contribution < 1.29 is 0 Å². The van der Waals surface area contributed by atoms with Crippen LogP contribution in [0.5, 0.6) is 0 Å². The monoisotopic (exact) mass is 491 g/mol. The second kappa shape index (κ2) is 7.99. The normalized spacial score (nSPS) is 17.1. The van der Waals surface area contributed by atoms with Crippen molar-refractivity contribution in [2.45, 2.75) is 51.0 Å². The molecule has 3 aromatic heterocycles. The molecule has 0 unspecified atom stereocenters. The van der Waals surface area contributed by atoms with Crippen LogP contribution < -0.4 is 10.2 Å². The zero-order valence-corrected chi connectivity index (χ0v) is 19.8. The number of fused-ring (bicyclic) bond motifs is 4. The number of rotatable bonds is 3. The number of hydrogen-bond donors (Lipinski definition) is 1. The first-order valence-corrected chi connectivity index (χ1v) is 12.3. The number of aryl methyl sites for hydroxylation is 1. The molecular weight excluding hydrogens is 466 g/mol. The molecule has 0 saturated heterocycles. The number of anilines is 2. The smallest absolute Gasteiger partial charge is 0.203 e. The fourth-order valence-electron chi connectivity index (χ4n) is 5.11. The summed E-state index contributed by atoms with van der Waals surface area (Å²) in [6.45, 7) is 1.05. The lowest BCUT2D eigenvalue weighted by Gasteiger charge is -2.26. The van der Waals surface area contributed by atoms with Crippen LogP contribution in [0.4, 0.5) is 11.4 Å². The predicted octanol–water partition coefficient (Wildman–Crippen LogP) is 5.23. The van der Waals surface area contributed by atoms with Crippen molar-refractivity contribution in [2.75, 3.05) is 23.8 Å². The van der Waals surface area contributed by atoms with Gasteiger partial charge in [0, 0.05) is 35.1 Å².